The van der Waals surface area contributed by atoms with Crippen molar-refractivity contribution in [3.63, 3.8) is 0 Å². The van der Waals surface area contributed by atoms with E-state index in [1.807, 2.05) is 0 Å². The lowest BCUT2D eigenvalue weighted by atomic mass is 9.58. The molecule has 1 fully saturated rings. The second-order valence-electron chi connectivity index (χ2n) is 9.13. The van der Waals surface area contributed by atoms with E-state index in [-0.39, 0.29) is 34.5 Å². The van der Waals surface area contributed by atoms with Crippen LogP contribution in [-0.2, 0) is 5.41 Å². The maximum absolute atomic E-state index is 14.4. The Balaban J connectivity index is 1.41. The van der Waals surface area contributed by atoms with Crippen LogP contribution in [0.15, 0.2) is 47.3 Å². The first-order valence-electron chi connectivity index (χ1n) is 11.4. The number of hydrogen-bond acceptors (Lipinski definition) is 7. The van der Waals surface area contributed by atoms with Crippen LogP contribution in [0.3, 0.4) is 0 Å². The molecule has 3 heterocycles. The number of halogens is 4. The molecule has 1 atom stereocenters. The van der Waals surface area contributed by atoms with Gasteiger partial charge in [0.25, 0.3) is 6.43 Å². The topological polar surface area (TPSA) is 97.8 Å². The fourth-order valence-electron chi connectivity index (χ4n) is 5.36. The van der Waals surface area contributed by atoms with Gasteiger partial charge in [-0.1, -0.05) is 6.07 Å². The van der Waals surface area contributed by atoms with Gasteiger partial charge in [-0.3, -0.25) is 4.98 Å². The molecule has 3 aliphatic carbocycles. The summed E-state index contributed by atoms with van der Waals surface area (Å²) in [4.78, 5) is 12.9. The smallest absolute Gasteiger partial charge is 0.269 e. The Morgan fingerprint density at radius 1 is 1.00 bits per heavy atom. The average molecular weight is 497 g/mol. The Labute approximate surface area is 202 Å². The highest BCUT2D eigenvalue weighted by atomic mass is 19.3. The van der Waals surface area contributed by atoms with Crippen LogP contribution in [0.4, 0.5) is 17.6 Å². The molecule has 7 nitrogen and oxygen atoms in total. The molecule has 1 N–H and O–H groups in total. The molecule has 7 rings (SSSR count). The zero-order valence-electron chi connectivity index (χ0n) is 18.7. The van der Waals surface area contributed by atoms with Gasteiger partial charge in [0.15, 0.2) is 6.10 Å². The first-order valence-corrected chi connectivity index (χ1v) is 11.4. The van der Waals surface area contributed by atoms with E-state index in [0.29, 0.717) is 11.4 Å². The van der Waals surface area contributed by atoms with Crippen LogP contribution in [0.25, 0.3) is 22.8 Å². The Morgan fingerprint density at radius 3 is 2.47 bits per heavy atom. The summed E-state index contributed by atoms with van der Waals surface area (Å²) < 4.78 is 59.8. The fourth-order valence-corrected chi connectivity index (χ4v) is 5.36. The molecule has 3 aliphatic rings. The number of rotatable bonds is 5. The van der Waals surface area contributed by atoms with Crippen molar-refractivity contribution in [1.29, 1.82) is 0 Å². The highest BCUT2D eigenvalue weighted by molar-refractivity contribution is 5.62. The molecule has 2 bridgehead atoms. The predicted octanol–water partition coefficient (Wildman–Crippen LogP) is 5.12. The van der Waals surface area contributed by atoms with Crippen LogP contribution in [0.1, 0.15) is 60.4 Å². The van der Waals surface area contributed by atoms with E-state index in [0.717, 1.165) is 37.5 Å². The van der Waals surface area contributed by atoms with E-state index < -0.39 is 29.6 Å². The van der Waals surface area contributed by atoms with Gasteiger partial charge < -0.3 is 9.52 Å². The van der Waals surface area contributed by atoms with Gasteiger partial charge in [0.1, 0.15) is 29.3 Å². The monoisotopic (exact) mass is 497 g/mol. The fraction of sp³-hybridized carbons (Fsp3) is 0.320. The van der Waals surface area contributed by atoms with Crippen LogP contribution in [0.5, 0.6) is 0 Å². The number of hydrogen-bond donors (Lipinski definition) is 1. The molecule has 3 aromatic heterocycles. The lowest BCUT2D eigenvalue weighted by Gasteiger charge is -2.46. The third-order valence-corrected chi connectivity index (χ3v) is 7.18. The van der Waals surface area contributed by atoms with Crippen LogP contribution in [0, 0.1) is 11.6 Å². The van der Waals surface area contributed by atoms with E-state index in [2.05, 4.69) is 25.1 Å². The van der Waals surface area contributed by atoms with Crippen molar-refractivity contribution >= 4 is 0 Å². The summed E-state index contributed by atoms with van der Waals surface area (Å²) in [5.41, 5.74) is 1.39. The highest BCUT2D eigenvalue weighted by Crippen LogP contribution is 2.55. The standard InChI is InChI=1S/C25H19F4N5O2/c26-14-2-1-3-15(27)20(14)16-8-13-12-4-6-25(7-5-12,22(13)34-33-16)19-10-30-9-17(31-19)24-32-18(11-36-24)21(35)23(28)29/h1-3,8-12,21,23,35H,4-7H2/t12-,21-,25+/m0/s1. The molecule has 36 heavy (non-hydrogen) atoms. The minimum Gasteiger partial charge on any atom is -0.443 e. The molecule has 0 amide bonds. The van der Waals surface area contributed by atoms with Gasteiger partial charge >= 0.3 is 0 Å². The van der Waals surface area contributed by atoms with Gasteiger partial charge in [0.05, 0.1) is 34.3 Å². The number of aliphatic hydroxyl groups excluding tert-OH is 1. The molecule has 0 radical (unpaired) electrons. The molecule has 0 saturated heterocycles. The molecule has 0 spiro atoms. The molecule has 1 saturated carbocycles. The summed E-state index contributed by atoms with van der Waals surface area (Å²) >= 11 is 0. The summed E-state index contributed by atoms with van der Waals surface area (Å²) in [7, 11) is 0. The Morgan fingerprint density at radius 2 is 1.75 bits per heavy atom. The molecule has 11 heteroatoms. The van der Waals surface area contributed by atoms with Crippen LogP contribution in [0.2, 0.25) is 0 Å². The molecular formula is C25H19F4N5O2. The number of alkyl halides is 2. The van der Waals surface area contributed by atoms with E-state index in [1.54, 1.807) is 12.3 Å². The van der Waals surface area contributed by atoms with Crippen LogP contribution in [-0.4, -0.2) is 36.7 Å². The van der Waals surface area contributed by atoms with Gasteiger partial charge in [-0.05, 0) is 55.4 Å². The average Bonchev–Trinajstić information content (AvgIpc) is 3.39. The van der Waals surface area contributed by atoms with Crippen molar-refractivity contribution in [2.75, 3.05) is 0 Å². The minimum absolute atomic E-state index is 0.0448. The Kier molecular flexibility index (Phi) is 5.32. The van der Waals surface area contributed by atoms with Gasteiger partial charge in [0, 0.05) is 6.20 Å². The van der Waals surface area contributed by atoms with Crippen molar-refractivity contribution in [3.8, 4) is 22.8 Å². The summed E-state index contributed by atoms with van der Waals surface area (Å²) in [6.45, 7) is 0. The summed E-state index contributed by atoms with van der Waals surface area (Å²) in [5, 5.41) is 18.2. The minimum atomic E-state index is -3.01. The van der Waals surface area contributed by atoms with E-state index >= 15 is 0 Å². The zero-order chi connectivity index (χ0) is 25.0. The Hall–Kier alpha value is -3.73. The number of aliphatic hydroxyl groups is 1. The number of aromatic nitrogens is 5. The number of benzene rings is 1. The normalized spacial score (nSPS) is 21.6. The molecule has 0 aliphatic heterocycles. The lowest BCUT2D eigenvalue weighted by Crippen LogP contribution is -2.41. The zero-order valence-corrected chi connectivity index (χ0v) is 18.7. The second-order valence-corrected chi connectivity index (χ2v) is 9.13. The first kappa shape index (κ1) is 22.7. The first-order chi connectivity index (χ1) is 17.4. The molecule has 184 valence electrons. The number of oxazole rings is 1. The maximum atomic E-state index is 14.4. The van der Waals surface area contributed by atoms with Gasteiger partial charge in [-0.25, -0.2) is 27.5 Å². The lowest BCUT2D eigenvalue weighted by molar-refractivity contribution is -0.00824. The SMILES string of the molecule is O[C@@H](c1coc(-c2cncc([C@]34CC[C@H](CC3)c3cc(-c5c(F)cccc5F)nnc34)n2)n1)C(F)F. The quantitative estimate of drug-likeness (QED) is 0.382. The number of fused-ring (bicyclic) bond motifs is 2. The van der Waals surface area contributed by atoms with E-state index in [9.17, 15) is 22.7 Å². The van der Waals surface area contributed by atoms with Crippen molar-refractivity contribution < 1.29 is 27.1 Å². The summed E-state index contributed by atoms with van der Waals surface area (Å²) in [5.74, 6) is -1.27. The van der Waals surface area contributed by atoms with Gasteiger partial charge in [-0.2, -0.15) is 5.10 Å². The maximum Gasteiger partial charge on any atom is 0.269 e. The highest BCUT2D eigenvalue weighted by Gasteiger charge is 2.49. The van der Waals surface area contributed by atoms with Crippen LogP contribution < -0.4 is 0 Å². The van der Waals surface area contributed by atoms with E-state index in [1.165, 1.54) is 24.4 Å². The van der Waals surface area contributed by atoms with Crippen molar-refractivity contribution in [1.82, 2.24) is 25.1 Å². The number of nitrogens with zero attached hydrogens (tertiary/aromatic N) is 5. The third kappa shape index (κ3) is 3.48. The molecule has 4 aromatic rings. The second kappa shape index (κ2) is 8.44. The summed E-state index contributed by atoms with van der Waals surface area (Å²) in [6, 6.07) is 5.38. The van der Waals surface area contributed by atoms with E-state index in [4.69, 9.17) is 4.42 Å². The summed E-state index contributed by atoms with van der Waals surface area (Å²) in [6.07, 6.45) is 2.02. The molecule has 1 aromatic carbocycles. The molecule has 0 unspecified atom stereocenters. The largest absolute Gasteiger partial charge is 0.443 e. The third-order valence-electron chi connectivity index (χ3n) is 7.18. The molecular weight excluding hydrogens is 478 g/mol. The Bertz CT molecular complexity index is 1430. The predicted molar refractivity (Wildman–Crippen MR) is 118 cm³/mol. The van der Waals surface area contributed by atoms with Crippen molar-refractivity contribution in [3.05, 3.63) is 77.2 Å². The van der Waals surface area contributed by atoms with Gasteiger partial charge in [0.2, 0.25) is 5.89 Å². The van der Waals surface area contributed by atoms with Crippen molar-refractivity contribution in [2.24, 2.45) is 0 Å². The van der Waals surface area contributed by atoms with Crippen LogP contribution >= 0.6 is 0 Å². The van der Waals surface area contributed by atoms with Crippen molar-refractivity contribution in [2.45, 2.75) is 49.5 Å². The van der Waals surface area contributed by atoms with Gasteiger partial charge in [-0.15, -0.1) is 5.10 Å².